The molecule has 3 rings (SSSR count). The summed E-state index contributed by atoms with van der Waals surface area (Å²) in [7, 11) is 0. The van der Waals surface area contributed by atoms with Crippen molar-refractivity contribution in [3.8, 4) is 0 Å². The quantitative estimate of drug-likeness (QED) is 0.771. The molecule has 1 fully saturated rings. The van der Waals surface area contributed by atoms with Crippen LogP contribution in [0.3, 0.4) is 0 Å². The predicted octanol–water partition coefficient (Wildman–Crippen LogP) is 2.20. The minimum Gasteiger partial charge on any atom is -0.352 e. The Labute approximate surface area is 158 Å². The van der Waals surface area contributed by atoms with Crippen molar-refractivity contribution in [1.29, 1.82) is 0 Å². The molecule has 0 saturated carbocycles. The SMILES string of the molecule is CC(C)NC(=O)CN1C(=O)N[C@](Cc2ccccc2)(c2ccccc2)C1=O. The molecule has 6 heteroatoms. The van der Waals surface area contributed by atoms with Gasteiger partial charge in [-0.05, 0) is 25.0 Å². The second-order valence-electron chi connectivity index (χ2n) is 6.98. The monoisotopic (exact) mass is 365 g/mol. The molecule has 4 amide bonds. The lowest BCUT2D eigenvalue weighted by molar-refractivity contribution is -0.135. The minimum atomic E-state index is -1.22. The van der Waals surface area contributed by atoms with E-state index >= 15 is 0 Å². The molecule has 2 aromatic rings. The van der Waals surface area contributed by atoms with E-state index in [1.165, 1.54) is 0 Å². The van der Waals surface area contributed by atoms with Crippen molar-refractivity contribution in [2.24, 2.45) is 0 Å². The van der Waals surface area contributed by atoms with Gasteiger partial charge in [-0.25, -0.2) is 4.79 Å². The summed E-state index contributed by atoms with van der Waals surface area (Å²) in [4.78, 5) is 39.0. The maximum atomic E-state index is 13.3. The Balaban J connectivity index is 1.95. The molecule has 1 atom stereocenters. The Morgan fingerprint density at radius 2 is 1.63 bits per heavy atom. The Bertz CT molecular complexity index is 836. The fraction of sp³-hybridized carbons (Fsp3) is 0.286. The number of benzene rings is 2. The molecule has 0 bridgehead atoms. The van der Waals surface area contributed by atoms with Gasteiger partial charge in [0.1, 0.15) is 6.54 Å². The molecule has 0 aromatic heterocycles. The molecular formula is C21H23N3O3. The summed E-state index contributed by atoms with van der Waals surface area (Å²) < 4.78 is 0. The van der Waals surface area contributed by atoms with Crippen LogP contribution in [-0.2, 0) is 21.5 Å². The number of carbonyl (C=O) groups is 3. The molecular weight excluding hydrogens is 342 g/mol. The van der Waals surface area contributed by atoms with Gasteiger partial charge in [-0.3, -0.25) is 14.5 Å². The zero-order valence-corrected chi connectivity index (χ0v) is 15.4. The van der Waals surface area contributed by atoms with Gasteiger partial charge < -0.3 is 10.6 Å². The average Bonchev–Trinajstić information content (AvgIpc) is 2.88. The van der Waals surface area contributed by atoms with E-state index in [0.717, 1.165) is 10.5 Å². The predicted molar refractivity (Wildman–Crippen MR) is 102 cm³/mol. The third kappa shape index (κ3) is 3.84. The smallest absolute Gasteiger partial charge is 0.325 e. The van der Waals surface area contributed by atoms with E-state index in [4.69, 9.17) is 0 Å². The molecule has 140 valence electrons. The summed E-state index contributed by atoms with van der Waals surface area (Å²) in [6, 6.07) is 18.0. The van der Waals surface area contributed by atoms with E-state index in [1.54, 1.807) is 0 Å². The maximum Gasteiger partial charge on any atom is 0.325 e. The summed E-state index contributed by atoms with van der Waals surface area (Å²) in [5.74, 6) is -0.779. The lowest BCUT2D eigenvalue weighted by Crippen LogP contribution is -2.47. The molecule has 1 aliphatic heterocycles. The van der Waals surface area contributed by atoms with Gasteiger partial charge in [0.15, 0.2) is 5.54 Å². The molecule has 0 radical (unpaired) electrons. The Morgan fingerprint density at radius 1 is 1.04 bits per heavy atom. The first-order valence-corrected chi connectivity index (χ1v) is 8.95. The van der Waals surface area contributed by atoms with Gasteiger partial charge >= 0.3 is 6.03 Å². The molecule has 2 aromatic carbocycles. The van der Waals surface area contributed by atoms with Crippen LogP contribution in [0.4, 0.5) is 4.79 Å². The van der Waals surface area contributed by atoms with Crippen LogP contribution in [0.1, 0.15) is 25.0 Å². The van der Waals surface area contributed by atoms with Gasteiger partial charge in [0.2, 0.25) is 5.91 Å². The first-order chi connectivity index (χ1) is 12.9. The molecule has 1 aliphatic rings. The number of urea groups is 1. The number of carbonyl (C=O) groups excluding carboxylic acids is 3. The highest BCUT2D eigenvalue weighted by Gasteiger charge is 2.52. The van der Waals surface area contributed by atoms with Crippen LogP contribution in [0.5, 0.6) is 0 Å². The molecule has 1 saturated heterocycles. The highest BCUT2D eigenvalue weighted by molar-refractivity contribution is 6.09. The fourth-order valence-electron chi connectivity index (χ4n) is 3.32. The lowest BCUT2D eigenvalue weighted by atomic mass is 9.83. The van der Waals surface area contributed by atoms with Gasteiger partial charge in [0, 0.05) is 12.5 Å². The van der Waals surface area contributed by atoms with E-state index in [9.17, 15) is 14.4 Å². The third-order valence-electron chi connectivity index (χ3n) is 4.51. The van der Waals surface area contributed by atoms with Crippen molar-refractivity contribution in [1.82, 2.24) is 15.5 Å². The summed E-state index contributed by atoms with van der Waals surface area (Å²) >= 11 is 0. The topological polar surface area (TPSA) is 78.5 Å². The largest absolute Gasteiger partial charge is 0.352 e. The van der Waals surface area contributed by atoms with Crippen LogP contribution < -0.4 is 10.6 Å². The van der Waals surface area contributed by atoms with E-state index in [2.05, 4.69) is 10.6 Å². The molecule has 6 nitrogen and oxygen atoms in total. The number of nitrogens with zero attached hydrogens (tertiary/aromatic N) is 1. The molecule has 0 spiro atoms. The molecule has 27 heavy (non-hydrogen) atoms. The zero-order valence-electron chi connectivity index (χ0n) is 15.4. The van der Waals surface area contributed by atoms with Crippen molar-refractivity contribution >= 4 is 17.8 Å². The van der Waals surface area contributed by atoms with Crippen LogP contribution in [0, 0.1) is 0 Å². The third-order valence-corrected chi connectivity index (χ3v) is 4.51. The van der Waals surface area contributed by atoms with E-state index in [-0.39, 0.29) is 18.5 Å². The first kappa shape index (κ1) is 18.6. The number of rotatable bonds is 6. The summed E-state index contributed by atoms with van der Waals surface area (Å²) in [5, 5.41) is 5.56. The summed E-state index contributed by atoms with van der Waals surface area (Å²) in [5.41, 5.74) is 0.389. The van der Waals surface area contributed by atoms with Crippen molar-refractivity contribution in [2.45, 2.75) is 31.8 Å². The first-order valence-electron chi connectivity index (χ1n) is 8.95. The Morgan fingerprint density at radius 3 is 2.22 bits per heavy atom. The van der Waals surface area contributed by atoms with Crippen LogP contribution in [0.25, 0.3) is 0 Å². The van der Waals surface area contributed by atoms with Crippen molar-refractivity contribution in [3.63, 3.8) is 0 Å². The zero-order chi connectivity index (χ0) is 19.4. The molecule has 2 N–H and O–H groups in total. The van der Waals surface area contributed by atoms with Gasteiger partial charge in [-0.1, -0.05) is 60.7 Å². The van der Waals surface area contributed by atoms with E-state index in [1.807, 2.05) is 74.5 Å². The van der Waals surface area contributed by atoms with Gasteiger partial charge in [-0.2, -0.15) is 0 Å². The van der Waals surface area contributed by atoms with Crippen molar-refractivity contribution in [2.75, 3.05) is 6.54 Å². The molecule has 0 aliphatic carbocycles. The van der Waals surface area contributed by atoms with Crippen molar-refractivity contribution in [3.05, 3.63) is 71.8 Å². The van der Waals surface area contributed by atoms with Crippen LogP contribution in [0.15, 0.2) is 60.7 Å². The fourth-order valence-corrected chi connectivity index (χ4v) is 3.32. The second kappa shape index (κ2) is 7.61. The standard InChI is InChI=1S/C21H23N3O3/c1-15(2)22-18(25)14-24-19(26)21(23-20(24)27,17-11-7-4-8-12-17)13-16-9-5-3-6-10-16/h3-12,15H,13-14H2,1-2H3,(H,22,25)(H,23,27)/t21-/m1/s1. The van der Waals surface area contributed by atoms with E-state index < -0.39 is 17.5 Å². The Hall–Kier alpha value is -3.15. The van der Waals surface area contributed by atoms with Crippen LogP contribution in [-0.4, -0.2) is 35.3 Å². The number of nitrogens with one attached hydrogen (secondary N) is 2. The number of amides is 4. The summed E-state index contributed by atoms with van der Waals surface area (Å²) in [6.07, 6.45) is 0.310. The number of hydrogen-bond acceptors (Lipinski definition) is 3. The Kier molecular flexibility index (Phi) is 5.26. The minimum absolute atomic E-state index is 0.0681. The average molecular weight is 365 g/mol. The van der Waals surface area contributed by atoms with E-state index in [0.29, 0.717) is 12.0 Å². The number of imide groups is 1. The molecule has 1 heterocycles. The number of hydrogen-bond donors (Lipinski definition) is 2. The van der Waals surface area contributed by atoms with Crippen molar-refractivity contribution < 1.29 is 14.4 Å². The molecule has 0 unspecified atom stereocenters. The summed E-state index contributed by atoms with van der Waals surface area (Å²) in [6.45, 7) is 3.35. The normalized spacial score (nSPS) is 19.3. The van der Waals surface area contributed by atoms with Gasteiger partial charge in [0.25, 0.3) is 5.91 Å². The maximum absolute atomic E-state index is 13.3. The van der Waals surface area contributed by atoms with Gasteiger partial charge in [-0.15, -0.1) is 0 Å². The van der Waals surface area contributed by atoms with Crippen LogP contribution in [0.2, 0.25) is 0 Å². The second-order valence-corrected chi connectivity index (χ2v) is 6.98. The highest BCUT2D eigenvalue weighted by atomic mass is 16.2. The highest BCUT2D eigenvalue weighted by Crippen LogP contribution is 2.32. The van der Waals surface area contributed by atoms with Crippen LogP contribution >= 0.6 is 0 Å². The van der Waals surface area contributed by atoms with Gasteiger partial charge in [0.05, 0.1) is 0 Å². The lowest BCUT2D eigenvalue weighted by Gasteiger charge is -2.27.